The number of aromatic nitrogens is 1. The van der Waals surface area contributed by atoms with Gasteiger partial charge in [0.2, 0.25) is 0 Å². The number of ether oxygens (including phenoxy) is 1. The predicted octanol–water partition coefficient (Wildman–Crippen LogP) is 3.03. The lowest BCUT2D eigenvalue weighted by molar-refractivity contribution is 0.0595. The molecule has 0 saturated carbocycles. The minimum atomic E-state index is -0.441. The van der Waals surface area contributed by atoms with Crippen LogP contribution < -0.4 is 5.32 Å². The SMILES string of the molecule is COC(=O)c1csc(NCCc2ccc(F)cc2C)n1. The number of thiazole rings is 1. The van der Waals surface area contributed by atoms with Crippen molar-refractivity contribution in [1.29, 1.82) is 0 Å². The number of nitrogens with zero attached hydrogens (tertiary/aromatic N) is 1. The maximum atomic E-state index is 13.0. The number of rotatable bonds is 5. The fourth-order valence-corrected chi connectivity index (χ4v) is 2.51. The van der Waals surface area contributed by atoms with Gasteiger partial charge >= 0.3 is 5.97 Å². The van der Waals surface area contributed by atoms with Crippen molar-refractivity contribution < 1.29 is 13.9 Å². The molecular weight excluding hydrogens is 279 g/mol. The third kappa shape index (κ3) is 3.54. The summed E-state index contributed by atoms with van der Waals surface area (Å²) in [5.41, 5.74) is 2.32. The molecule has 0 aliphatic rings. The summed E-state index contributed by atoms with van der Waals surface area (Å²) in [5, 5.41) is 5.46. The summed E-state index contributed by atoms with van der Waals surface area (Å²) in [6.07, 6.45) is 0.763. The summed E-state index contributed by atoms with van der Waals surface area (Å²) in [5.74, 6) is -0.662. The van der Waals surface area contributed by atoms with Crippen molar-refractivity contribution in [3.05, 3.63) is 46.2 Å². The molecule has 20 heavy (non-hydrogen) atoms. The first kappa shape index (κ1) is 14.5. The first-order valence-electron chi connectivity index (χ1n) is 6.13. The van der Waals surface area contributed by atoms with E-state index >= 15 is 0 Å². The summed E-state index contributed by atoms with van der Waals surface area (Å²) in [7, 11) is 1.33. The van der Waals surface area contributed by atoms with Crippen LogP contribution in [0.5, 0.6) is 0 Å². The Labute approximate surface area is 120 Å². The van der Waals surface area contributed by atoms with Crippen LogP contribution in [-0.2, 0) is 11.2 Å². The molecule has 0 spiro atoms. The lowest BCUT2D eigenvalue weighted by Gasteiger charge is -2.06. The quantitative estimate of drug-likeness (QED) is 0.861. The lowest BCUT2D eigenvalue weighted by Crippen LogP contribution is -2.07. The molecule has 0 aliphatic heterocycles. The molecule has 1 heterocycles. The van der Waals surface area contributed by atoms with E-state index in [1.807, 2.05) is 6.92 Å². The van der Waals surface area contributed by atoms with Crippen LogP contribution in [0.1, 0.15) is 21.6 Å². The van der Waals surface area contributed by atoms with Gasteiger partial charge in [0.25, 0.3) is 0 Å². The van der Waals surface area contributed by atoms with Crippen molar-refractivity contribution >= 4 is 22.4 Å². The second-order valence-electron chi connectivity index (χ2n) is 4.28. The molecule has 1 aromatic carbocycles. The van der Waals surface area contributed by atoms with E-state index in [4.69, 9.17) is 0 Å². The lowest BCUT2D eigenvalue weighted by atomic mass is 10.1. The number of esters is 1. The van der Waals surface area contributed by atoms with E-state index in [9.17, 15) is 9.18 Å². The van der Waals surface area contributed by atoms with Gasteiger partial charge in [-0.2, -0.15) is 0 Å². The highest BCUT2D eigenvalue weighted by molar-refractivity contribution is 7.13. The summed E-state index contributed by atoms with van der Waals surface area (Å²) in [6, 6.07) is 4.77. The van der Waals surface area contributed by atoms with Gasteiger partial charge in [-0.3, -0.25) is 0 Å². The Morgan fingerprint density at radius 3 is 3.00 bits per heavy atom. The van der Waals surface area contributed by atoms with Gasteiger partial charge in [-0.25, -0.2) is 14.2 Å². The third-order valence-corrected chi connectivity index (χ3v) is 3.67. The smallest absolute Gasteiger partial charge is 0.357 e. The van der Waals surface area contributed by atoms with Gasteiger partial charge in [0, 0.05) is 11.9 Å². The van der Waals surface area contributed by atoms with Crippen molar-refractivity contribution in [2.45, 2.75) is 13.3 Å². The average Bonchev–Trinajstić information content (AvgIpc) is 2.89. The summed E-state index contributed by atoms with van der Waals surface area (Å²) in [6.45, 7) is 2.55. The second-order valence-corrected chi connectivity index (χ2v) is 5.14. The molecule has 4 nitrogen and oxygen atoms in total. The molecule has 0 fully saturated rings. The molecule has 0 radical (unpaired) electrons. The minimum Gasteiger partial charge on any atom is -0.464 e. The van der Waals surface area contributed by atoms with Crippen LogP contribution in [0.3, 0.4) is 0 Å². The van der Waals surface area contributed by atoms with Gasteiger partial charge in [-0.15, -0.1) is 11.3 Å². The molecule has 0 unspecified atom stereocenters. The molecule has 6 heteroatoms. The molecule has 0 saturated heterocycles. The number of anilines is 1. The van der Waals surface area contributed by atoms with E-state index in [-0.39, 0.29) is 5.82 Å². The summed E-state index contributed by atoms with van der Waals surface area (Å²) in [4.78, 5) is 15.4. The van der Waals surface area contributed by atoms with Crippen LogP contribution in [0, 0.1) is 12.7 Å². The highest BCUT2D eigenvalue weighted by Gasteiger charge is 2.10. The van der Waals surface area contributed by atoms with Crippen LogP contribution in [-0.4, -0.2) is 24.6 Å². The fraction of sp³-hybridized carbons (Fsp3) is 0.286. The Balaban J connectivity index is 1.89. The van der Waals surface area contributed by atoms with Crippen LogP contribution in [0.15, 0.2) is 23.6 Å². The Hall–Kier alpha value is -1.95. The van der Waals surface area contributed by atoms with Gasteiger partial charge in [0.1, 0.15) is 5.82 Å². The van der Waals surface area contributed by atoms with Crippen LogP contribution >= 0.6 is 11.3 Å². The van der Waals surface area contributed by atoms with E-state index in [0.717, 1.165) is 17.5 Å². The maximum Gasteiger partial charge on any atom is 0.357 e. The topological polar surface area (TPSA) is 51.2 Å². The van der Waals surface area contributed by atoms with Crippen molar-refractivity contribution in [2.75, 3.05) is 19.0 Å². The number of carbonyl (C=O) groups is 1. The molecule has 1 aromatic heterocycles. The van der Waals surface area contributed by atoms with E-state index in [1.165, 1.54) is 30.6 Å². The van der Waals surface area contributed by atoms with Crippen molar-refractivity contribution in [1.82, 2.24) is 4.98 Å². The Morgan fingerprint density at radius 2 is 2.30 bits per heavy atom. The highest BCUT2D eigenvalue weighted by Crippen LogP contribution is 2.16. The zero-order chi connectivity index (χ0) is 14.5. The third-order valence-electron chi connectivity index (χ3n) is 2.87. The monoisotopic (exact) mass is 294 g/mol. The number of aryl methyl sites for hydroxylation is 1. The zero-order valence-corrected chi connectivity index (χ0v) is 12.1. The van der Waals surface area contributed by atoms with Crippen LogP contribution in [0.25, 0.3) is 0 Å². The number of hydrogen-bond donors (Lipinski definition) is 1. The van der Waals surface area contributed by atoms with E-state index in [1.54, 1.807) is 11.4 Å². The Morgan fingerprint density at radius 1 is 1.50 bits per heavy atom. The average molecular weight is 294 g/mol. The molecule has 2 aromatic rings. The predicted molar refractivity (Wildman–Crippen MR) is 76.8 cm³/mol. The van der Waals surface area contributed by atoms with Gasteiger partial charge in [0.15, 0.2) is 10.8 Å². The van der Waals surface area contributed by atoms with E-state index < -0.39 is 5.97 Å². The van der Waals surface area contributed by atoms with E-state index in [2.05, 4.69) is 15.0 Å². The highest BCUT2D eigenvalue weighted by atomic mass is 32.1. The molecule has 1 N–H and O–H groups in total. The number of hydrogen-bond acceptors (Lipinski definition) is 5. The Kier molecular flexibility index (Phi) is 4.68. The first-order chi connectivity index (χ1) is 9.60. The number of halogens is 1. The summed E-state index contributed by atoms with van der Waals surface area (Å²) >= 11 is 1.35. The molecular formula is C14H15FN2O2S. The first-order valence-corrected chi connectivity index (χ1v) is 7.01. The standard InChI is InChI=1S/C14H15FN2O2S/c1-9-7-11(15)4-3-10(9)5-6-16-14-17-12(8-20-14)13(18)19-2/h3-4,7-8H,5-6H2,1-2H3,(H,16,17). The van der Waals surface area contributed by atoms with Crippen molar-refractivity contribution in [3.8, 4) is 0 Å². The minimum absolute atomic E-state index is 0.221. The van der Waals surface area contributed by atoms with Crippen LogP contribution in [0.2, 0.25) is 0 Å². The molecule has 0 atom stereocenters. The largest absolute Gasteiger partial charge is 0.464 e. The number of nitrogens with one attached hydrogen (secondary N) is 1. The molecule has 106 valence electrons. The second kappa shape index (κ2) is 6.47. The van der Waals surface area contributed by atoms with Gasteiger partial charge in [-0.1, -0.05) is 6.07 Å². The van der Waals surface area contributed by atoms with Gasteiger partial charge < -0.3 is 10.1 Å². The fourth-order valence-electron chi connectivity index (χ4n) is 1.80. The zero-order valence-electron chi connectivity index (χ0n) is 11.3. The maximum absolute atomic E-state index is 13.0. The molecule has 2 rings (SSSR count). The van der Waals surface area contributed by atoms with Gasteiger partial charge in [0.05, 0.1) is 7.11 Å². The molecule has 0 amide bonds. The Bertz CT molecular complexity index is 613. The molecule has 0 bridgehead atoms. The number of benzene rings is 1. The van der Waals surface area contributed by atoms with Crippen LogP contribution in [0.4, 0.5) is 9.52 Å². The normalized spacial score (nSPS) is 10.3. The number of carbonyl (C=O) groups excluding carboxylic acids is 1. The van der Waals surface area contributed by atoms with Crippen molar-refractivity contribution in [2.24, 2.45) is 0 Å². The van der Waals surface area contributed by atoms with Crippen molar-refractivity contribution in [3.63, 3.8) is 0 Å². The summed E-state index contributed by atoms with van der Waals surface area (Å²) < 4.78 is 17.6. The van der Waals surface area contributed by atoms with Gasteiger partial charge in [-0.05, 0) is 36.6 Å². The molecule has 0 aliphatic carbocycles. The number of methoxy groups -OCH3 is 1. The van der Waals surface area contributed by atoms with E-state index in [0.29, 0.717) is 17.4 Å².